The Morgan fingerprint density at radius 3 is 2.40 bits per heavy atom. The molecule has 7 nitrogen and oxygen atoms in total. The Morgan fingerprint density at radius 2 is 1.73 bits per heavy atom. The number of pyridine rings is 1. The van der Waals surface area contributed by atoms with Crippen molar-refractivity contribution in [2.75, 3.05) is 31.1 Å². The monoisotopic (exact) mass is 423 g/mol. The fraction of sp³-hybridized carbons (Fsp3) is 0.273. The Hall–Kier alpha value is -3.19. The lowest BCUT2D eigenvalue weighted by atomic mass is 10.2. The molecule has 1 amide bonds. The van der Waals surface area contributed by atoms with Gasteiger partial charge in [0.1, 0.15) is 5.75 Å². The number of hydrogen-bond donors (Lipinski definition) is 0. The Bertz CT molecular complexity index is 992. The van der Waals surface area contributed by atoms with Crippen molar-refractivity contribution in [3.8, 4) is 17.0 Å². The van der Waals surface area contributed by atoms with Gasteiger partial charge in [0.2, 0.25) is 0 Å². The van der Waals surface area contributed by atoms with Crippen molar-refractivity contribution in [3.63, 3.8) is 0 Å². The maximum atomic E-state index is 12.8. The predicted octanol–water partition coefficient (Wildman–Crippen LogP) is 3.31. The van der Waals surface area contributed by atoms with Gasteiger partial charge in [-0.3, -0.25) is 9.78 Å². The van der Waals surface area contributed by atoms with E-state index in [9.17, 15) is 4.79 Å². The van der Waals surface area contributed by atoms with Gasteiger partial charge in [-0.1, -0.05) is 23.7 Å². The summed E-state index contributed by atoms with van der Waals surface area (Å²) in [5.41, 5.74) is 1.78. The standard InChI is InChI=1S/C22H22ClN5O2/c1-16(30-20-5-3-2-4-18(20)23)22(29)28-14-12-27(13-15-28)21-7-6-19(25-26-21)17-8-10-24-11-9-17/h2-11,16H,12-15H2,1H3. The molecule has 30 heavy (non-hydrogen) atoms. The van der Waals surface area contributed by atoms with E-state index >= 15 is 0 Å². The van der Waals surface area contributed by atoms with E-state index in [1.807, 2.05) is 41.3 Å². The highest BCUT2D eigenvalue weighted by atomic mass is 35.5. The second kappa shape index (κ2) is 9.09. The fourth-order valence-corrected chi connectivity index (χ4v) is 3.55. The number of carbonyl (C=O) groups is 1. The van der Waals surface area contributed by atoms with Crippen LogP contribution in [-0.2, 0) is 4.79 Å². The zero-order chi connectivity index (χ0) is 20.9. The molecule has 1 aliphatic heterocycles. The molecule has 0 radical (unpaired) electrons. The first kappa shape index (κ1) is 20.1. The summed E-state index contributed by atoms with van der Waals surface area (Å²) in [6.07, 6.45) is 2.87. The number of piperazine rings is 1. The van der Waals surface area contributed by atoms with Gasteiger partial charge in [0, 0.05) is 44.1 Å². The molecule has 0 aliphatic carbocycles. The van der Waals surface area contributed by atoms with Gasteiger partial charge in [-0.2, -0.15) is 0 Å². The number of para-hydroxylation sites is 1. The maximum Gasteiger partial charge on any atom is 0.263 e. The van der Waals surface area contributed by atoms with Gasteiger partial charge in [-0.15, -0.1) is 10.2 Å². The van der Waals surface area contributed by atoms with Gasteiger partial charge in [-0.25, -0.2) is 0 Å². The molecule has 0 spiro atoms. The molecule has 0 N–H and O–H groups in total. The summed E-state index contributed by atoms with van der Waals surface area (Å²) in [4.78, 5) is 20.7. The highest BCUT2D eigenvalue weighted by molar-refractivity contribution is 6.32. The van der Waals surface area contributed by atoms with Gasteiger partial charge >= 0.3 is 0 Å². The minimum Gasteiger partial charge on any atom is -0.479 e. The van der Waals surface area contributed by atoms with Crippen LogP contribution in [0.5, 0.6) is 5.75 Å². The molecule has 154 valence electrons. The summed E-state index contributed by atoms with van der Waals surface area (Å²) >= 11 is 6.12. The van der Waals surface area contributed by atoms with E-state index in [4.69, 9.17) is 16.3 Å². The van der Waals surface area contributed by atoms with E-state index in [-0.39, 0.29) is 5.91 Å². The SMILES string of the molecule is CC(Oc1ccccc1Cl)C(=O)N1CCN(c2ccc(-c3ccncc3)nn2)CC1. The summed E-state index contributed by atoms with van der Waals surface area (Å²) in [7, 11) is 0. The average Bonchev–Trinajstić information content (AvgIpc) is 2.81. The van der Waals surface area contributed by atoms with Crippen LogP contribution >= 0.6 is 11.6 Å². The average molecular weight is 424 g/mol. The van der Waals surface area contributed by atoms with E-state index in [2.05, 4.69) is 20.1 Å². The second-order valence-electron chi connectivity index (χ2n) is 7.02. The summed E-state index contributed by atoms with van der Waals surface area (Å²) in [5, 5.41) is 9.19. The zero-order valence-corrected chi connectivity index (χ0v) is 17.4. The number of amides is 1. The Kier molecular flexibility index (Phi) is 6.09. The fourth-order valence-electron chi connectivity index (χ4n) is 3.36. The van der Waals surface area contributed by atoms with Crippen molar-refractivity contribution >= 4 is 23.3 Å². The number of aromatic nitrogens is 3. The van der Waals surface area contributed by atoms with E-state index in [0.29, 0.717) is 37.0 Å². The predicted molar refractivity (Wildman–Crippen MR) is 116 cm³/mol. The van der Waals surface area contributed by atoms with Crippen molar-refractivity contribution in [3.05, 3.63) is 65.9 Å². The summed E-state index contributed by atoms with van der Waals surface area (Å²) in [6.45, 7) is 4.33. The molecular weight excluding hydrogens is 402 g/mol. The molecule has 0 bridgehead atoms. The van der Waals surface area contributed by atoms with Crippen LogP contribution in [0.2, 0.25) is 5.02 Å². The molecule has 1 saturated heterocycles. The zero-order valence-electron chi connectivity index (χ0n) is 16.6. The Labute approximate surface area is 180 Å². The largest absolute Gasteiger partial charge is 0.479 e. The lowest BCUT2D eigenvalue weighted by molar-refractivity contribution is -0.138. The molecule has 3 aromatic rings. The number of anilines is 1. The second-order valence-corrected chi connectivity index (χ2v) is 7.42. The number of nitrogens with zero attached hydrogens (tertiary/aromatic N) is 5. The Morgan fingerprint density at radius 1 is 1.00 bits per heavy atom. The molecule has 1 atom stereocenters. The molecule has 1 aromatic carbocycles. The quantitative estimate of drug-likeness (QED) is 0.627. The topological polar surface area (TPSA) is 71.5 Å². The number of halogens is 1. The third kappa shape index (κ3) is 4.52. The van der Waals surface area contributed by atoms with Crippen LogP contribution < -0.4 is 9.64 Å². The molecule has 0 saturated carbocycles. The first-order valence-electron chi connectivity index (χ1n) is 9.81. The first-order chi connectivity index (χ1) is 14.6. The van der Waals surface area contributed by atoms with Gasteiger partial charge in [0.15, 0.2) is 11.9 Å². The van der Waals surface area contributed by atoms with Crippen LogP contribution in [0.4, 0.5) is 5.82 Å². The van der Waals surface area contributed by atoms with E-state index in [0.717, 1.165) is 17.1 Å². The molecular formula is C22H22ClN5O2. The van der Waals surface area contributed by atoms with Crippen LogP contribution in [0.3, 0.4) is 0 Å². The van der Waals surface area contributed by atoms with Crippen molar-refractivity contribution in [2.24, 2.45) is 0 Å². The number of hydrogen-bond acceptors (Lipinski definition) is 6. The van der Waals surface area contributed by atoms with Crippen LogP contribution in [0, 0.1) is 0 Å². The minimum absolute atomic E-state index is 0.0475. The lowest BCUT2D eigenvalue weighted by Gasteiger charge is -2.36. The third-order valence-corrected chi connectivity index (χ3v) is 5.34. The molecule has 3 heterocycles. The van der Waals surface area contributed by atoms with Crippen LogP contribution in [0.1, 0.15) is 6.92 Å². The van der Waals surface area contributed by atoms with Crippen molar-refractivity contribution in [1.82, 2.24) is 20.1 Å². The van der Waals surface area contributed by atoms with Gasteiger partial charge in [-0.05, 0) is 43.3 Å². The highest BCUT2D eigenvalue weighted by Gasteiger charge is 2.27. The smallest absolute Gasteiger partial charge is 0.263 e. The summed E-state index contributed by atoms with van der Waals surface area (Å²) in [5.74, 6) is 1.28. The van der Waals surface area contributed by atoms with Crippen molar-refractivity contribution in [2.45, 2.75) is 13.0 Å². The Balaban J connectivity index is 1.33. The number of rotatable bonds is 5. The molecule has 1 aliphatic rings. The third-order valence-electron chi connectivity index (χ3n) is 5.03. The molecule has 8 heteroatoms. The summed E-state index contributed by atoms with van der Waals surface area (Å²) in [6, 6.07) is 14.9. The number of ether oxygens (including phenoxy) is 1. The van der Waals surface area contributed by atoms with E-state index in [1.54, 1.807) is 31.5 Å². The van der Waals surface area contributed by atoms with Crippen molar-refractivity contribution in [1.29, 1.82) is 0 Å². The summed E-state index contributed by atoms with van der Waals surface area (Å²) < 4.78 is 5.76. The van der Waals surface area contributed by atoms with Crippen molar-refractivity contribution < 1.29 is 9.53 Å². The molecule has 1 fully saturated rings. The van der Waals surface area contributed by atoms with Gasteiger partial charge in [0.25, 0.3) is 5.91 Å². The molecule has 2 aromatic heterocycles. The lowest BCUT2D eigenvalue weighted by Crippen LogP contribution is -2.52. The van der Waals surface area contributed by atoms with Crippen LogP contribution in [-0.4, -0.2) is 58.3 Å². The van der Waals surface area contributed by atoms with E-state index in [1.165, 1.54) is 0 Å². The molecule has 4 rings (SSSR count). The maximum absolute atomic E-state index is 12.8. The normalized spacial score (nSPS) is 15.0. The number of carbonyl (C=O) groups excluding carboxylic acids is 1. The minimum atomic E-state index is -0.601. The van der Waals surface area contributed by atoms with Crippen LogP contribution in [0.25, 0.3) is 11.3 Å². The van der Waals surface area contributed by atoms with E-state index < -0.39 is 6.10 Å². The molecule has 1 unspecified atom stereocenters. The highest BCUT2D eigenvalue weighted by Crippen LogP contribution is 2.25. The van der Waals surface area contributed by atoms with Gasteiger partial charge in [0.05, 0.1) is 10.7 Å². The number of benzene rings is 1. The van der Waals surface area contributed by atoms with Crippen LogP contribution in [0.15, 0.2) is 60.9 Å². The van der Waals surface area contributed by atoms with Gasteiger partial charge < -0.3 is 14.5 Å². The first-order valence-corrected chi connectivity index (χ1v) is 10.2.